The molecule has 3 aliphatic rings. The zero-order chi connectivity index (χ0) is 29.2. The van der Waals surface area contributed by atoms with Crippen molar-refractivity contribution in [2.75, 3.05) is 56.1 Å². The molecule has 3 aromatic heterocycles. The maximum Gasteiger partial charge on any atom is 0.236 e. The monoisotopic (exact) mass is 603 g/mol. The lowest BCUT2D eigenvalue weighted by atomic mass is 10.1. The molecule has 13 heteroatoms. The molecule has 0 atom stereocenters. The van der Waals surface area contributed by atoms with Gasteiger partial charge in [-0.05, 0) is 26.2 Å². The van der Waals surface area contributed by atoms with Gasteiger partial charge >= 0.3 is 0 Å². The molecule has 1 spiro atoms. The van der Waals surface area contributed by atoms with Gasteiger partial charge in [-0.2, -0.15) is 9.78 Å². The number of aryl methyl sites for hydroxylation is 2. The number of likely N-dealkylation sites (tertiary alicyclic amines) is 1. The summed E-state index contributed by atoms with van der Waals surface area (Å²) in [5, 5.41) is 26.2. The van der Waals surface area contributed by atoms with Gasteiger partial charge in [-0.1, -0.05) is 59.4 Å². The predicted octanol–water partition coefficient (Wildman–Crippen LogP) is 3.28. The van der Waals surface area contributed by atoms with E-state index in [0.29, 0.717) is 30.2 Å². The first-order chi connectivity index (χ1) is 20.3. The van der Waals surface area contributed by atoms with E-state index in [1.807, 2.05) is 47.7 Å². The second-order valence-electron chi connectivity index (χ2n) is 11.5. The van der Waals surface area contributed by atoms with Crippen LogP contribution in [0.5, 0.6) is 0 Å². The molecule has 3 fully saturated rings. The van der Waals surface area contributed by atoms with Crippen molar-refractivity contribution in [3.63, 3.8) is 0 Å². The number of aromatic nitrogens is 4. The summed E-state index contributed by atoms with van der Waals surface area (Å²) in [6, 6.07) is 10.4. The first-order valence-electron chi connectivity index (χ1n) is 14.3. The highest BCUT2D eigenvalue weighted by atomic mass is 32.1. The van der Waals surface area contributed by atoms with Crippen molar-refractivity contribution >= 4 is 49.6 Å². The number of rotatable bonds is 7. The summed E-state index contributed by atoms with van der Waals surface area (Å²) >= 11 is 2.96. The van der Waals surface area contributed by atoms with E-state index in [-0.39, 0.29) is 17.6 Å². The number of β-amino-alcohol motifs (C(OH)–C–C–N with tert-alkyl or cyclic N) is 1. The van der Waals surface area contributed by atoms with Gasteiger partial charge in [0.1, 0.15) is 16.6 Å². The lowest BCUT2D eigenvalue weighted by Gasteiger charge is -2.43. The van der Waals surface area contributed by atoms with Gasteiger partial charge in [-0.25, -0.2) is 9.97 Å². The van der Waals surface area contributed by atoms with Gasteiger partial charge < -0.3 is 19.8 Å². The lowest BCUT2D eigenvalue weighted by molar-refractivity contribution is -0.143. The van der Waals surface area contributed by atoms with E-state index in [1.54, 1.807) is 16.2 Å². The zero-order valence-electron chi connectivity index (χ0n) is 23.9. The number of piperazine rings is 1. The summed E-state index contributed by atoms with van der Waals surface area (Å²) < 4.78 is 1.92. The number of nitrogens with zero attached hydrogens (tertiary/aromatic N) is 9. The molecule has 1 saturated carbocycles. The Morgan fingerprint density at radius 3 is 2.62 bits per heavy atom. The van der Waals surface area contributed by atoms with E-state index in [2.05, 4.69) is 22.8 Å². The average Bonchev–Trinajstić information content (AvgIpc) is 3.30. The van der Waals surface area contributed by atoms with Crippen molar-refractivity contribution in [2.24, 2.45) is 0 Å². The fraction of sp³-hybridized carbons (Fsp3) is 0.483. The number of carbonyl (C=O) groups excluding carboxylic acids is 1. The highest BCUT2D eigenvalue weighted by Gasteiger charge is 2.52. The maximum absolute atomic E-state index is 12.7. The molecule has 1 amide bonds. The van der Waals surface area contributed by atoms with Crippen molar-refractivity contribution in [2.45, 2.75) is 44.8 Å². The van der Waals surface area contributed by atoms with E-state index in [1.165, 1.54) is 11.3 Å². The fourth-order valence-electron chi connectivity index (χ4n) is 5.96. The summed E-state index contributed by atoms with van der Waals surface area (Å²) in [5.74, 6) is 0.977. The third-order valence-electron chi connectivity index (χ3n) is 8.66. The van der Waals surface area contributed by atoms with Crippen LogP contribution in [0.25, 0.3) is 16.2 Å². The lowest BCUT2D eigenvalue weighted by Crippen LogP contribution is -2.60. The van der Waals surface area contributed by atoms with E-state index in [9.17, 15) is 15.2 Å². The topological polar surface area (TPSA) is 117 Å². The van der Waals surface area contributed by atoms with Gasteiger partial charge in [0.15, 0.2) is 10.9 Å². The number of nitriles is 1. The number of aliphatic hydroxyl groups is 1. The summed E-state index contributed by atoms with van der Waals surface area (Å²) in [7, 11) is 1.96. The Kier molecular flexibility index (Phi) is 6.69. The fourth-order valence-corrected chi connectivity index (χ4v) is 7.75. The number of anilines is 3. The normalized spacial score (nSPS) is 18.5. The molecule has 7 rings (SSSR count). The quantitative estimate of drug-likeness (QED) is 0.340. The Balaban J connectivity index is 1.14. The Bertz CT molecular complexity index is 1690. The molecule has 11 nitrogen and oxygen atoms in total. The van der Waals surface area contributed by atoms with E-state index in [0.717, 1.165) is 76.8 Å². The minimum absolute atomic E-state index is 0.0142. The van der Waals surface area contributed by atoms with Crippen LogP contribution < -0.4 is 9.80 Å². The van der Waals surface area contributed by atoms with Gasteiger partial charge in [0.2, 0.25) is 16.0 Å². The third kappa shape index (κ3) is 4.63. The Morgan fingerprint density at radius 1 is 1.19 bits per heavy atom. The Labute approximate surface area is 252 Å². The van der Waals surface area contributed by atoms with Crippen molar-refractivity contribution in [3.05, 3.63) is 40.4 Å². The standard InChI is InChI=1S/C29H33N9O2S2/c1-4-21-25(34(3)26-32-24(22(13-30)41-26)19-7-5-18(2)6-8-19)38-27(31-21)42-28(33-38)35-11-12-37(29(17-35)9-10-29)16-23(40)36-14-20(39)15-36/h5-8,20,39H,4,9-12,14-17H2,1-3H3. The number of amides is 1. The first kappa shape index (κ1) is 27.3. The van der Waals surface area contributed by atoms with Crippen LogP contribution in [0.15, 0.2) is 24.3 Å². The number of carbonyl (C=O) groups is 1. The number of thiazole rings is 1. The summed E-state index contributed by atoms with van der Waals surface area (Å²) in [6.07, 6.45) is 2.52. The number of imidazole rings is 1. The Morgan fingerprint density at radius 2 is 1.95 bits per heavy atom. The second kappa shape index (κ2) is 10.3. The highest BCUT2D eigenvalue weighted by molar-refractivity contribution is 7.20. The van der Waals surface area contributed by atoms with Crippen molar-refractivity contribution in [1.82, 2.24) is 29.4 Å². The molecule has 0 radical (unpaired) electrons. The molecule has 4 aromatic rings. The molecule has 1 aromatic carbocycles. The van der Waals surface area contributed by atoms with Crippen molar-refractivity contribution < 1.29 is 9.90 Å². The van der Waals surface area contributed by atoms with E-state index >= 15 is 0 Å². The average molecular weight is 604 g/mol. The van der Waals surface area contributed by atoms with Crippen LogP contribution in [0, 0.1) is 18.3 Å². The zero-order valence-corrected chi connectivity index (χ0v) is 25.6. The highest BCUT2D eigenvalue weighted by Crippen LogP contribution is 2.46. The molecule has 2 aliphatic heterocycles. The van der Waals surface area contributed by atoms with Crippen LogP contribution in [0.4, 0.5) is 16.1 Å². The van der Waals surface area contributed by atoms with Gasteiger partial charge in [-0.15, -0.1) is 5.10 Å². The van der Waals surface area contributed by atoms with E-state index in [4.69, 9.17) is 15.1 Å². The van der Waals surface area contributed by atoms with Crippen LogP contribution in [0.2, 0.25) is 0 Å². The maximum atomic E-state index is 12.7. The molecule has 218 valence electrons. The third-order valence-corrected chi connectivity index (χ3v) is 10.7. The van der Waals surface area contributed by atoms with Crippen molar-refractivity contribution in [1.29, 1.82) is 5.26 Å². The Hall–Kier alpha value is -3.57. The minimum Gasteiger partial charge on any atom is -0.389 e. The summed E-state index contributed by atoms with van der Waals surface area (Å²) in [4.78, 5) is 32.4. The molecule has 5 heterocycles. The van der Waals surface area contributed by atoms with Gasteiger partial charge in [0.05, 0.1) is 18.3 Å². The molecule has 42 heavy (non-hydrogen) atoms. The van der Waals surface area contributed by atoms with Crippen LogP contribution >= 0.6 is 22.7 Å². The van der Waals surface area contributed by atoms with E-state index < -0.39 is 0 Å². The number of fused-ring (bicyclic) bond motifs is 1. The number of hydrogen-bond donors (Lipinski definition) is 1. The summed E-state index contributed by atoms with van der Waals surface area (Å²) in [6.45, 7) is 7.88. The second-order valence-corrected chi connectivity index (χ2v) is 13.5. The van der Waals surface area contributed by atoms with Crippen molar-refractivity contribution in [3.8, 4) is 17.3 Å². The predicted molar refractivity (Wildman–Crippen MR) is 164 cm³/mol. The molecule has 1 aliphatic carbocycles. The summed E-state index contributed by atoms with van der Waals surface area (Å²) in [5.41, 5.74) is 3.73. The van der Waals surface area contributed by atoms with Gasteiger partial charge in [-0.3, -0.25) is 9.69 Å². The SMILES string of the molecule is CCc1nc2sc(N3CCN(CC(=O)N4CC(O)C4)C4(CC4)C3)nn2c1N(C)c1nc(-c2ccc(C)cc2)c(C#N)s1. The number of hydrogen-bond acceptors (Lipinski definition) is 11. The molecule has 0 bridgehead atoms. The van der Waals surface area contributed by atoms with Gasteiger partial charge in [0, 0.05) is 50.9 Å². The molecular formula is C29H33N9O2S2. The molecule has 0 unspecified atom stereocenters. The molecule has 1 N–H and O–H groups in total. The minimum atomic E-state index is -0.374. The van der Waals surface area contributed by atoms with Crippen LogP contribution in [-0.2, 0) is 11.2 Å². The van der Waals surface area contributed by atoms with Crippen LogP contribution in [0.1, 0.15) is 35.9 Å². The number of aliphatic hydroxyl groups excluding tert-OH is 1. The largest absolute Gasteiger partial charge is 0.389 e. The number of benzene rings is 1. The smallest absolute Gasteiger partial charge is 0.236 e. The van der Waals surface area contributed by atoms with Gasteiger partial charge in [0.25, 0.3) is 0 Å². The first-order valence-corrected chi connectivity index (χ1v) is 16.0. The van der Waals surface area contributed by atoms with Crippen LogP contribution in [0.3, 0.4) is 0 Å². The van der Waals surface area contributed by atoms with Crippen LogP contribution in [-0.4, -0.2) is 98.4 Å². The molecular weight excluding hydrogens is 571 g/mol. The molecule has 2 saturated heterocycles.